The van der Waals surface area contributed by atoms with Crippen LogP contribution in [0.4, 0.5) is 0 Å². The fourth-order valence-corrected chi connectivity index (χ4v) is 3.02. The third kappa shape index (κ3) is 2.49. The zero-order chi connectivity index (χ0) is 12.4. The summed E-state index contributed by atoms with van der Waals surface area (Å²) in [4.78, 5) is 10.7. The van der Waals surface area contributed by atoms with Crippen LogP contribution < -0.4 is 5.43 Å². The maximum absolute atomic E-state index is 5.06. The van der Waals surface area contributed by atoms with Gasteiger partial charge in [0.05, 0.1) is 15.6 Å². The molecule has 2 aromatic heterocycles. The van der Waals surface area contributed by atoms with E-state index in [4.69, 9.17) is 12.2 Å². The van der Waals surface area contributed by atoms with Crippen molar-refractivity contribution >= 4 is 34.3 Å². The zero-order valence-corrected chi connectivity index (χ0v) is 11.3. The van der Waals surface area contributed by atoms with E-state index in [9.17, 15) is 0 Å². The highest BCUT2D eigenvalue weighted by atomic mass is 32.1. The highest BCUT2D eigenvalue weighted by molar-refractivity contribution is 7.80. The molecule has 0 spiro atoms. The maximum Gasteiger partial charge on any atom is 0.111 e. The topological polar surface area (TPSA) is 53.1 Å². The van der Waals surface area contributed by atoms with Gasteiger partial charge >= 0.3 is 0 Å². The van der Waals surface area contributed by atoms with Crippen LogP contribution in [-0.4, -0.2) is 20.7 Å². The van der Waals surface area contributed by atoms with E-state index in [-0.39, 0.29) is 0 Å². The molecule has 1 aliphatic heterocycles. The lowest BCUT2D eigenvalue weighted by Crippen LogP contribution is -2.23. The van der Waals surface area contributed by atoms with Gasteiger partial charge in [0.2, 0.25) is 0 Å². The first-order valence-corrected chi connectivity index (χ1v) is 6.96. The standard InChI is InChI=1S/C12H12N4S2/c17-12-4-2-9(15-16-12)10-3-1-8(18-10)7-11-13-5-6-14-11/h1,3,5-6H,2,4,7H2,(H,13,14)(H,16,17). The zero-order valence-electron chi connectivity index (χ0n) is 9.64. The average Bonchev–Trinajstić information content (AvgIpc) is 3.02. The van der Waals surface area contributed by atoms with E-state index in [0.29, 0.717) is 0 Å². The Morgan fingerprint density at radius 2 is 2.28 bits per heavy atom. The molecule has 2 N–H and O–H groups in total. The summed E-state index contributed by atoms with van der Waals surface area (Å²) in [5.74, 6) is 0.994. The summed E-state index contributed by atoms with van der Waals surface area (Å²) in [6.07, 6.45) is 6.28. The number of thiocarbonyl (C=S) groups is 1. The summed E-state index contributed by atoms with van der Waals surface area (Å²) < 4.78 is 0. The van der Waals surface area contributed by atoms with E-state index in [2.05, 4.69) is 32.6 Å². The number of thiophene rings is 1. The highest BCUT2D eigenvalue weighted by Gasteiger charge is 2.13. The van der Waals surface area contributed by atoms with E-state index in [1.807, 2.05) is 6.20 Å². The van der Waals surface area contributed by atoms with Gasteiger partial charge in [0.25, 0.3) is 0 Å². The number of hydrogen-bond donors (Lipinski definition) is 2. The molecule has 3 heterocycles. The minimum absolute atomic E-state index is 0.825. The minimum atomic E-state index is 0.825. The van der Waals surface area contributed by atoms with Gasteiger partial charge in [-0.3, -0.25) is 5.43 Å². The summed E-state index contributed by atoms with van der Waals surface area (Å²) in [7, 11) is 0. The predicted octanol–water partition coefficient (Wildman–Crippen LogP) is 2.48. The highest BCUT2D eigenvalue weighted by Crippen LogP contribution is 2.22. The van der Waals surface area contributed by atoms with Gasteiger partial charge in [-0.1, -0.05) is 12.2 Å². The molecule has 6 heteroatoms. The van der Waals surface area contributed by atoms with Crippen LogP contribution in [0, 0.1) is 0 Å². The van der Waals surface area contributed by atoms with Crippen LogP contribution in [0.1, 0.15) is 28.4 Å². The van der Waals surface area contributed by atoms with Crippen molar-refractivity contribution in [3.05, 3.63) is 40.1 Å². The van der Waals surface area contributed by atoms with Crippen molar-refractivity contribution in [2.75, 3.05) is 0 Å². The Morgan fingerprint density at radius 3 is 3.00 bits per heavy atom. The molecule has 92 valence electrons. The molecule has 0 saturated heterocycles. The second kappa shape index (κ2) is 4.99. The largest absolute Gasteiger partial charge is 0.348 e. The van der Waals surface area contributed by atoms with Crippen LogP contribution in [0.25, 0.3) is 0 Å². The molecule has 2 aromatic rings. The minimum Gasteiger partial charge on any atom is -0.348 e. The van der Waals surface area contributed by atoms with Crippen LogP contribution in [0.5, 0.6) is 0 Å². The van der Waals surface area contributed by atoms with E-state index < -0.39 is 0 Å². The van der Waals surface area contributed by atoms with Gasteiger partial charge in [0, 0.05) is 30.1 Å². The van der Waals surface area contributed by atoms with Crippen LogP contribution >= 0.6 is 23.6 Å². The fourth-order valence-electron chi connectivity index (χ4n) is 1.84. The quantitative estimate of drug-likeness (QED) is 0.847. The number of imidazole rings is 1. The molecule has 1 aliphatic rings. The van der Waals surface area contributed by atoms with Crippen LogP contribution in [0.3, 0.4) is 0 Å². The third-order valence-corrected chi connectivity index (χ3v) is 4.18. The smallest absolute Gasteiger partial charge is 0.111 e. The van der Waals surface area contributed by atoms with E-state index in [0.717, 1.165) is 35.8 Å². The Labute approximate surface area is 114 Å². The summed E-state index contributed by atoms with van der Waals surface area (Å²) in [5.41, 5.74) is 3.99. The summed E-state index contributed by atoms with van der Waals surface area (Å²) >= 11 is 6.83. The van der Waals surface area contributed by atoms with Crippen molar-refractivity contribution in [1.82, 2.24) is 15.4 Å². The number of nitrogens with one attached hydrogen (secondary N) is 2. The number of H-pyrrole nitrogens is 1. The molecule has 0 aromatic carbocycles. The van der Waals surface area contributed by atoms with Crippen LogP contribution in [-0.2, 0) is 6.42 Å². The monoisotopic (exact) mass is 276 g/mol. The Hall–Kier alpha value is -1.53. The van der Waals surface area contributed by atoms with Gasteiger partial charge in [-0.2, -0.15) is 5.10 Å². The van der Waals surface area contributed by atoms with Gasteiger partial charge < -0.3 is 4.98 Å². The Kier molecular flexibility index (Phi) is 3.21. The summed E-state index contributed by atoms with van der Waals surface area (Å²) in [6.45, 7) is 0. The number of nitrogens with zero attached hydrogens (tertiary/aromatic N) is 2. The lowest BCUT2D eigenvalue weighted by molar-refractivity contribution is 0.929. The van der Waals surface area contributed by atoms with Gasteiger partial charge in [0.15, 0.2) is 0 Å². The first kappa shape index (κ1) is 11.6. The molecule has 0 radical (unpaired) electrons. The van der Waals surface area contributed by atoms with Gasteiger partial charge in [-0.25, -0.2) is 4.98 Å². The molecule has 4 nitrogen and oxygen atoms in total. The molecule has 0 saturated carbocycles. The molecule has 0 unspecified atom stereocenters. The molecule has 0 amide bonds. The first-order chi connectivity index (χ1) is 8.81. The molecule has 0 fully saturated rings. The number of aromatic amines is 1. The third-order valence-electron chi connectivity index (χ3n) is 2.75. The molecular weight excluding hydrogens is 264 g/mol. The molecule has 0 atom stereocenters. The lowest BCUT2D eigenvalue weighted by Gasteiger charge is -2.12. The second-order valence-corrected chi connectivity index (χ2v) is 5.73. The van der Waals surface area contributed by atoms with Crippen molar-refractivity contribution < 1.29 is 0 Å². The maximum atomic E-state index is 5.06. The number of rotatable bonds is 3. The van der Waals surface area contributed by atoms with Gasteiger partial charge in [0.1, 0.15) is 5.82 Å². The van der Waals surface area contributed by atoms with Crippen molar-refractivity contribution in [2.24, 2.45) is 5.10 Å². The van der Waals surface area contributed by atoms with E-state index >= 15 is 0 Å². The SMILES string of the molecule is S=C1CCC(c2ccc(Cc3ncc[nH]3)s2)=NN1. The number of aromatic nitrogens is 2. The average molecular weight is 276 g/mol. The van der Waals surface area contributed by atoms with Crippen molar-refractivity contribution in [3.8, 4) is 0 Å². The lowest BCUT2D eigenvalue weighted by atomic mass is 10.1. The van der Waals surface area contributed by atoms with Gasteiger partial charge in [-0.05, 0) is 18.6 Å². The Balaban J connectivity index is 1.75. The fraction of sp³-hybridized carbons (Fsp3) is 0.250. The van der Waals surface area contributed by atoms with E-state index in [1.54, 1.807) is 17.5 Å². The number of hydrogen-bond acceptors (Lipinski definition) is 4. The normalized spacial score (nSPS) is 15.3. The molecule has 3 rings (SSSR count). The van der Waals surface area contributed by atoms with Crippen LogP contribution in [0.2, 0.25) is 0 Å². The number of hydrazone groups is 1. The predicted molar refractivity (Wildman–Crippen MR) is 77.2 cm³/mol. The first-order valence-electron chi connectivity index (χ1n) is 5.74. The van der Waals surface area contributed by atoms with Crippen molar-refractivity contribution in [3.63, 3.8) is 0 Å². The summed E-state index contributed by atoms with van der Waals surface area (Å²) in [6, 6.07) is 4.26. The second-order valence-electron chi connectivity index (χ2n) is 4.07. The van der Waals surface area contributed by atoms with E-state index in [1.165, 1.54) is 9.75 Å². The van der Waals surface area contributed by atoms with Crippen molar-refractivity contribution in [1.29, 1.82) is 0 Å². The van der Waals surface area contributed by atoms with Gasteiger partial charge in [-0.15, -0.1) is 11.3 Å². The molecular formula is C12H12N4S2. The molecule has 0 bridgehead atoms. The molecule has 18 heavy (non-hydrogen) atoms. The van der Waals surface area contributed by atoms with Crippen molar-refractivity contribution in [2.45, 2.75) is 19.3 Å². The Morgan fingerprint density at radius 1 is 1.33 bits per heavy atom. The van der Waals surface area contributed by atoms with Crippen LogP contribution in [0.15, 0.2) is 29.6 Å². The molecule has 0 aliphatic carbocycles. The Bertz CT molecular complexity index is 583. The summed E-state index contributed by atoms with van der Waals surface area (Å²) in [5, 5.41) is 4.30.